The lowest BCUT2D eigenvalue weighted by Crippen LogP contribution is -2.40. The molecule has 0 unspecified atom stereocenters. The molecule has 0 aliphatic carbocycles. The van der Waals surface area contributed by atoms with Crippen LogP contribution < -0.4 is 10.1 Å². The van der Waals surface area contributed by atoms with Gasteiger partial charge in [0.15, 0.2) is 0 Å². The zero-order valence-corrected chi connectivity index (χ0v) is 16.2. The van der Waals surface area contributed by atoms with Crippen molar-refractivity contribution in [3.8, 4) is 5.75 Å². The maximum absolute atomic E-state index is 13.0. The number of hydrogen-bond donors (Lipinski definition) is 1. The van der Waals surface area contributed by atoms with Crippen molar-refractivity contribution in [3.05, 3.63) is 35.7 Å². The van der Waals surface area contributed by atoms with Crippen molar-refractivity contribution in [2.75, 3.05) is 38.7 Å². The lowest BCUT2D eigenvalue weighted by Gasteiger charge is -2.26. The SMILES string of the molecule is COc1ccc(NC(=O)c2cc(C)nn2C)cc1S(=O)(=O)N1CCOCC1. The fourth-order valence-corrected chi connectivity index (χ4v) is 4.49. The largest absolute Gasteiger partial charge is 0.495 e. The average molecular weight is 394 g/mol. The molecule has 1 aliphatic rings. The summed E-state index contributed by atoms with van der Waals surface area (Å²) in [4.78, 5) is 12.5. The van der Waals surface area contributed by atoms with Crippen LogP contribution in [0.15, 0.2) is 29.2 Å². The number of nitrogens with one attached hydrogen (secondary N) is 1. The molecule has 0 saturated carbocycles. The summed E-state index contributed by atoms with van der Waals surface area (Å²) in [6.45, 7) is 3.03. The minimum atomic E-state index is -3.77. The molecule has 1 fully saturated rings. The highest BCUT2D eigenvalue weighted by Gasteiger charge is 2.29. The van der Waals surface area contributed by atoms with Gasteiger partial charge in [-0.2, -0.15) is 9.40 Å². The van der Waals surface area contributed by atoms with E-state index in [1.165, 1.54) is 28.2 Å². The number of anilines is 1. The van der Waals surface area contributed by atoms with Gasteiger partial charge in [-0.25, -0.2) is 8.42 Å². The molecule has 146 valence electrons. The van der Waals surface area contributed by atoms with Crippen LogP contribution in [-0.2, 0) is 21.8 Å². The predicted molar refractivity (Wildman–Crippen MR) is 98.5 cm³/mol. The van der Waals surface area contributed by atoms with Gasteiger partial charge in [-0.3, -0.25) is 9.48 Å². The van der Waals surface area contributed by atoms with Crippen molar-refractivity contribution in [2.45, 2.75) is 11.8 Å². The molecule has 1 aromatic heterocycles. The first-order valence-corrected chi connectivity index (χ1v) is 9.85. The van der Waals surface area contributed by atoms with E-state index in [-0.39, 0.29) is 29.6 Å². The summed E-state index contributed by atoms with van der Waals surface area (Å²) >= 11 is 0. The molecule has 1 N–H and O–H groups in total. The molecule has 1 saturated heterocycles. The zero-order valence-electron chi connectivity index (χ0n) is 15.4. The fraction of sp³-hybridized carbons (Fsp3) is 0.412. The molecule has 2 aromatic rings. The van der Waals surface area contributed by atoms with Gasteiger partial charge in [0.1, 0.15) is 16.3 Å². The summed E-state index contributed by atoms with van der Waals surface area (Å²) in [6, 6.07) is 6.19. The average Bonchev–Trinajstić information content (AvgIpc) is 3.00. The predicted octanol–water partition coefficient (Wildman–Crippen LogP) is 1.01. The molecule has 1 aliphatic heterocycles. The second kappa shape index (κ2) is 7.67. The standard InChI is InChI=1S/C17H22N4O5S/c1-12-10-14(20(2)19-12)17(22)18-13-4-5-15(25-3)16(11-13)27(23,24)21-6-8-26-9-7-21/h4-5,10-11H,6-9H2,1-3H3,(H,18,22). The second-order valence-corrected chi connectivity index (χ2v) is 8.04. The van der Waals surface area contributed by atoms with Gasteiger partial charge in [0.2, 0.25) is 10.0 Å². The zero-order chi connectivity index (χ0) is 19.6. The van der Waals surface area contributed by atoms with Gasteiger partial charge >= 0.3 is 0 Å². The first kappa shape index (κ1) is 19.3. The van der Waals surface area contributed by atoms with Gasteiger partial charge in [0.25, 0.3) is 5.91 Å². The molecule has 27 heavy (non-hydrogen) atoms. The highest BCUT2D eigenvalue weighted by molar-refractivity contribution is 7.89. The van der Waals surface area contributed by atoms with Crippen LogP contribution in [0.3, 0.4) is 0 Å². The Labute approximate surface area is 157 Å². The molecule has 0 atom stereocenters. The summed E-state index contributed by atoms with van der Waals surface area (Å²) in [5.41, 5.74) is 1.44. The van der Waals surface area contributed by atoms with Crippen LogP contribution in [0.25, 0.3) is 0 Å². The number of rotatable bonds is 5. The van der Waals surface area contributed by atoms with E-state index in [1.54, 1.807) is 26.1 Å². The van der Waals surface area contributed by atoms with Gasteiger partial charge in [-0.15, -0.1) is 0 Å². The summed E-state index contributed by atoms with van der Waals surface area (Å²) in [6.07, 6.45) is 0. The summed E-state index contributed by atoms with van der Waals surface area (Å²) in [7, 11) is -0.694. The maximum Gasteiger partial charge on any atom is 0.273 e. The Morgan fingerprint density at radius 3 is 2.56 bits per heavy atom. The number of aromatic nitrogens is 2. The lowest BCUT2D eigenvalue weighted by atomic mass is 10.3. The summed E-state index contributed by atoms with van der Waals surface area (Å²) in [5, 5.41) is 6.86. The molecular weight excluding hydrogens is 372 g/mol. The maximum atomic E-state index is 13.0. The van der Waals surface area contributed by atoms with Crippen LogP contribution in [-0.4, -0.2) is 61.8 Å². The summed E-state index contributed by atoms with van der Waals surface area (Å²) in [5.74, 6) is -0.158. The number of amides is 1. The Balaban J connectivity index is 1.91. The molecule has 2 heterocycles. The molecule has 1 amide bonds. The number of ether oxygens (including phenoxy) is 2. The number of nitrogens with zero attached hydrogens (tertiary/aromatic N) is 3. The lowest BCUT2D eigenvalue weighted by molar-refractivity contribution is 0.0729. The molecule has 0 spiro atoms. The smallest absolute Gasteiger partial charge is 0.273 e. The van der Waals surface area contributed by atoms with Crippen LogP contribution in [0.5, 0.6) is 5.75 Å². The minimum Gasteiger partial charge on any atom is -0.495 e. The van der Waals surface area contributed by atoms with E-state index in [2.05, 4.69) is 10.4 Å². The van der Waals surface area contributed by atoms with Gasteiger partial charge in [-0.1, -0.05) is 0 Å². The topological polar surface area (TPSA) is 103 Å². The third kappa shape index (κ3) is 3.97. The van der Waals surface area contributed by atoms with Crippen molar-refractivity contribution in [1.82, 2.24) is 14.1 Å². The van der Waals surface area contributed by atoms with E-state index in [9.17, 15) is 13.2 Å². The minimum absolute atomic E-state index is 0.00545. The number of sulfonamides is 1. The van der Waals surface area contributed by atoms with E-state index >= 15 is 0 Å². The van der Waals surface area contributed by atoms with Crippen molar-refractivity contribution < 1.29 is 22.7 Å². The van der Waals surface area contributed by atoms with Crippen molar-refractivity contribution >= 4 is 21.6 Å². The number of methoxy groups -OCH3 is 1. The quantitative estimate of drug-likeness (QED) is 0.812. The Hall–Kier alpha value is -2.43. The number of aryl methyl sites for hydroxylation is 2. The Bertz CT molecular complexity index is 948. The Kier molecular flexibility index (Phi) is 5.49. The monoisotopic (exact) mass is 394 g/mol. The molecular formula is C17H22N4O5S. The number of hydrogen-bond acceptors (Lipinski definition) is 6. The molecule has 9 nitrogen and oxygen atoms in total. The van der Waals surface area contributed by atoms with Gasteiger partial charge < -0.3 is 14.8 Å². The van der Waals surface area contributed by atoms with Crippen LogP contribution >= 0.6 is 0 Å². The first-order valence-electron chi connectivity index (χ1n) is 8.41. The highest BCUT2D eigenvalue weighted by Crippen LogP contribution is 2.30. The van der Waals surface area contributed by atoms with Gasteiger partial charge in [0, 0.05) is 25.8 Å². The van der Waals surface area contributed by atoms with Crippen LogP contribution in [0.2, 0.25) is 0 Å². The third-order valence-corrected chi connectivity index (χ3v) is 6.16. The Morgan fingerprint density at radius 2 is 1.96 bits per heavy atom. The molecule has 0 radical (unpaired) electrons. The van der Waals surface area contributed by atoms with E-state index in [4.69, 9.17) is 9.47 Å². The molecule has 3 rings (SSSR count). The normalized spacial score (nSPS) is 15.5. The number of morpholine rings is 1. The number of carbonyl (C=O) groups is 1. The Morgan fingerprint density at radius 1 is 1.26 bits per heavy atom. The first-order chi connectivity index (χ1) is 12.8. The van der Waals surface area contributed by atoms with Gasteiger partial charge in [-0.05, 0) is 31.2 Å². The van der Waals surface area contributed by atoms with E-state index < -0.39 is 10.0 Å². The van der Waals surface area contributed by atoms with E-state index in [0.717, 1.165) is 0 Å². The molecule has 1 aromatic carbocycles. The number of benzene rings is 1. The van der Waals surface area contributed by atoms with Crippen LogP contribution in [0.4, 0.5) is 5.69 Å². The summed E-state index contributed by atoms with van der Waals surface area (Å²) < 4.78 is 39.3. The van der Waals surface area contributed by atoms with Crippen LogP contribution in [0.1, 0.15) is 16.2 Å². The van der Waals surface area contributed by atoms with Gasteiger partial charge in [0.05, 0.1) is 26.0 Å². The molecule has 10 heteroatoms. The molecule has 0 bridgehead atoms. The number of carbonyl (C=O) groups excluding carboxylic acids is 1. The second-order valence-electron chi connectivity index (χ2n) is 6.13. The van der Waals surface area contributed by atoms with Crippen molar-refractivity contribution in [1.29, 1.82) is 0 Å². The third-order valence-electron chi connectivity index (χ3n) is 4.24. The fourth-order valence-electron chi connectivity index (χ4n) is 2.90. The van der Waals surface area contributed by atoms with Crippen molar-refractivity contribution in [3.63, 3.8) is 0 Å². The van der Waals surface area contributed by atoms with E-state index in [1.807, 2.05) is 0 Å². The van der Waals surface area contributed by atoms with E-state index in [0.29, 0.717) is 30.3 Å². The highest BCUT2D eigenvalue weighted by atomic mass is 32.2. The van der Waals surface area contributed by atoms with Crippen LogP contribution in [0, 0.1) is 6.92 Å². The van der Waals surface area contributed by atoms with Crippen molar-refractivity contribution in [2.24, 2.45) is 7.05 Å².